The van der Waals surface area contributed by atoms with E-state index in [-0.39, 0.29) is 0 Å². The number of benzene rings is 8. The lowest BCUT2D eigenvalue weighted by Crippen LogP contribution is -2.12. The van der Waals surface area contributed by atoms with E-state index in [9.17, 15) is 0 Å². The summed E-state index contributed by atoms with van der Waals surface area (Å²) in [6, 6.07) is 67.5. The third-order valence-electron chi connectivity index (χ3n) is 9.04. The van der Waals surface area contributed by atoms with Crippen LogP contribution in [0.2, 0.25) is 0 Å². The molecule has 0 aliphatic rings. The van der Waals surface area contributed by atoms with Crippen molar-refractivity contribution >= 4 is 50.0 Å². The maximum absolute atomic E-state index is 2.33. The van der Waals surface area contributed by atoms with Crippen molar-refractivity contribution in [2.45, 2.75) is 0 Å². The number of nitrogens with zero attached hydrogens (tertiary/aromatic N) is 2. The van der Waals surface area contributed by atoms with Gasteiger partial charge >= 0.3 is 0 Å². The third-order valence-corrected chi connectivity index (χ3v) is 9.04. The fourth-order valence-electron chi connectivity index (χ4n) is 6.42. The highest BCUT2D eigenvalue weighted by Gasteiger charge is 2.15. The van der Waals surface area contributed by atoms with E-state index >= 15 is 0 Å². The second-order valence-electron chi connectivity index (χ2n) is 12.0. The highest BCUT2D eigenvalue weighted by molar-refractivity contribution is 5.99. The molecule has 0 saturated heterocycles. The van der Waals surface area contributed by atoms with Crippen molar-refractivity contribution in [3.05, 3.63) is 188 Å². The molecule has 2 nitrogen and oxygen atoms in total. The van der Waals surface area contributed by atoms with Gasteiger partial charge in [0.2, 0.25) is 0 Å². The topological polar surface area (TPSA) is 6.48 Å². The minimum atomic E-state index is 1.10. The molecule has 0 atom stereocenters. The maximum Gasteiger partial charge on any atom is 0.0463 e. The zero-order valence-corrected chi connectivity index (χ0v) is 26.3. The van der Waals surface area contributed by atoms with Gasteiger partial charge in [0.1, 0.15) is 0 Å². The lowest BCUT2D eigenvalue weighted by Gasteiger charge is -2.27. The zero-order chi connectivity index (χ0) is 31.6. The molecule has 0 aliphatic carbocycles. The molecule has 8 aromatic carbocycles. The molecular weight excluding hydrogens is 569 g/mol. The minimum absolute atomic E-state index is 1.10. The molecule has 0 N–H and O–H groups in total. The van der Waals surface area contributed by atoms with Crippen molar-refractivity contribution in [3.8, 4) is 22.3 Å². The van der Waals surface area contributed by atoms with Gasteiger partial charge in [-0.15, -0.1) is 0 Å². The van der Waals surface area contributed by atoms with Crippen molar-refractivity contribution in [3.63, 3.8) is 0 Å². The molecule has 0 saturated carbocycles. The van der Waals surface area contributed by atoms with Crippen molar-refractivity contribution in [1.82, 2.24) is 0 Å². The van der Waals surface area contributed by atoms with E-state index in [2.05, 4.69) is 205 Å². The number of fused-ring (bicyclic) bond motifs is 2. The monoisotopic (exact) mass is 602 g/mol. The summed E-state index contributed by atoms with van der Waals surface area (Å²) in [6.07, 6.45) is 0. The van der Waals surface area contributed by atoms with E-state index in [1.165, 1.54) is 43.8 Å². The van der Waals surface area contributed by atoms with Crippen molar-refractivity contribution < 1.29 is 0 Å². The predicted molar refractivity (Wildman–Crippen MR) is 202 cm³/mol. The summed E-state index contributed by atoms with van der Waals surface area (Å²) in [5.41, 5.74) is 10.5. The molecule has 0 bridgehead atoms. The lowest BCUT2D eigenvalue weighted by molar-refractivity contribution is 1.21. The summed E-state index contributed by atoms with van der Waals surface area (Å²) in [5, 5.41) is 5.03. The molecule has 8 rings (SSSR count). The molecular formula is C45H34N2. The molecule has 0 amide bonds. The number of hydrogen-bond donors (Lipinski definition) is 0. The smallest absolute Gasteiger partial charge is 0.0463 e. The Morgan fingerprint density at radius 2 is 0.638 bits per heavy atom. The average Bonchev–Trinajstić information content (AvgIpc) is 3.15. The first-order chi connectivity index (χ1) is 23.2. The van der Waals surface area contributed by atoms with E-state index < -0.39 is 0 Å². The lowest BCUT2D eigenvalue weighted by atomic mass is 10.0. The van der Waals surface area contributed by atoms with Crippen LogP contribution in [-0.4, -0.2) is 7.05 Å². The van der Waals surface area contributed by atoms with Gasteiger partial charge in [-0.05, 0) is 117 Å². The first-order valence-electron chi connectivity index (χ1n) is 16.1. The van der Waals surface area contributed by atoms with Crippen LogP contribution in [0.15, 0.2) is 188 Å². The van der Waals surface area contributed by atoms with Gasteiger partial charge in [-0.2, -0.15) is 0 Å². The fourth-order valence-corrected chi connectivity index (χ4v) is 6.42. The summed E-state index contributed by atoms with van der Waals surface area (Å²) >= 11 is 0. The maximum atomic E-state index is 2.33. The van der Waals surface area contributed by atoms with Gasteiger partial charge in [0.15, 0.2) is 0 Å². The van der Waals surface area contributed by atoms with E-state index in [0.717, 1.165) is 28.4 Å². The Kier molecular flexibility index (Phi) is 7.45. The van der Waals surface area contributed by atoms with Crippen LogP contribution in [-0.2, 0) is 0 Å². The van der Waals surface area contributed by atoms with Gasteiger partial charge in [0.05, 0.1) is 0 Å². The molecule has 0 unspecified atom stereocenters. The number of anilines is 5. The van der Waals surface area contributed by atoms with Crippen molar-refractivity contribution in [1.29, 1.82) is 0 Å². The van der Waals surface area contributed by atoms with Gasteiger partial charge in [-0.1, -0.05) is 115 Å². The average molecular weight is 603 g/mol. The number of rotatable bonds is 7. The summed E-state index contributed by atoms with van der Waals surface area (Å²) < 4.78 is 0. The van der Waals surface area contributed by atoms with Crippen LogP contribution in [0.25, 0.3) is 43.8 Å². The predicted octanol–water partition coefficient (Wildman–Crippen LogP) is 12.6. The van der Waals surface area contributed by atoms with Gasteiger partial charge in [-0.3, -0.25) is 0 Å². The molecule has 0 aliphatic heterocycles. The Morgan fingerprint density at radius 3 is 1.15 bits per heavy atom. The molecule has 2 heteroatoms. The first kappa shape index (κ1) is 28.4. The van der Waals surface area contributed by atoms with Gasteiger partial charge in [0.25, 0.3) is 0 Å². The molecule has 8 aromatic rings. The van der Waals surface area contributed by atoms with E-state index in [1.807, 2.05) is 0 Å². The molecule has 0 fully saturated rings. The van der Waals surface area contributed by atoms with Crippen molar-refractivity contribution in [2.75, 3.05) is 16.8 Å². The normalized spacial score (nSPS) is 11.1. The van der Waals surface area contributed by atoms with E-state index in [0.29, 0.717) is 0 Å². The van der Waals surface area contributed by atoms with E-state index in [1.54, 1.807) is 0 Å². The van der Waals surface area contributed by atoms with Crippen LogP contribution in [0.5, 0.6) is 0 Å². The summed E-state index contributed by atoms with van der Waals surface area (Å²) in [5.74, 6) is 0. The van der Waals surface area contributed by atoms with Crippen LogP contribution in [0, 0.1) is 0 Å². The largest absolute Gasteiger partial charge is 0.345 e. The summed E-state index contributed by atoms with van der Waals surface area (Å²) in [6.45, 7) is 0. The molecule has 224 valence electrons. The molecule has 47 heavy (non-hydrogen) atoms. The Hall–Kier alpha value is -6.12. The van der Waals surface area contributed by atoms with Crippen molar-refractivity contribution in [2.24, 2.45) is 0 Å². The third kappa shape index (κ3) is 5.74. The SMILES string of the molecule is CN(c1ccc(N(c2ccc(-c3ccccc3)cc2)c2ccc(-c3ccccc3)cc2)cc1)c1ccc2cc3ccccc3cc2c1. The van der Waals surface area contributed by atoms with Gasteiger partial charge in [-0.25, -0.2) is 0 Å². The minimum Gasteiger partial charge on any atom is -0.345 e. The first-order valence-corrected chi connectivity index (χ1v) is 16.1. The van der Waals surface area contributed by atoms with Crippen LogP contribution in [0.3, 0.4) is 0 Å². The summed E-state index contributed by atoms with van der Waals surface area (Å²) in [7, 11) is 2.14. The molecule has 0 aromatic heterocycles. The Bertz CT molecular complexity index is 2190. The second-order valence-corrected chi connectivity index (χ2v) is 12.0. The Balaban J connectivity index is 1.13. The van der Waals surface area contributed by atoms with Gasteiger partial charge < -0.3 is 9.80 Å². The Labute approximate surface area is 276 Å². The Morgan fingerprint density at radius 1 is 0.277 bits per heavy atom. The standard InChI is InChI=1S/C45H34N2/c1-46(45-25-20-39-30-37-14-8-9-15-38(37)31-40(39)32-45)41-26-28-44(29-27-41)47(42-21-16-35(17-22-42)33-10-4-2-5-11-33)43-23-18-36(19-24-43)34-12-6-3-7-13-34/h2-32H,1H3. The van der Waals surface area contributed by atoms with Crippen LogP contribution in [0.4, 0.5) is 28.4 Å². The molecule has 0 heterocycles. The van der Waals surface area contributed by atoms with Gasteiger partial charge in [0, 0.05) is 35.5 Å². The quantitative estimate of drug-likeness (QED) is 0.167. The van der Waals surface area contributed by atoms with Crippen LogP contribution in [0.1, 0.15) is 0 Å². The van der Waals surface area contributed by atoms with Crippen LogP contribution >= 0.6 is 0 Å². The highest BCUT2D eigenvalue weighted by atomic mass is 15.1. The molecule has 0 radical (unpaired) electrons. The second kappa shape index (κ2) is 12.3. The van der Waals surface area contributed by atoms with E-state index in [4.69, 9.17) is 0 Å². The molecule has 0 spiro atoms. The summed E-state index contributed by atoms with van der Waals surface area (Å²) in [4.78, 5) is 4.58. The van der Waals surface area contributed by atoms with Crippen LogP contribution < -0.4 is 9.80 Å². The highest BCUT2D eigenvalue weighted by Crippen LogP contribution is 2.38. The zero-order valence-electron chi connectivity index (χ0n) is 26.3. The number of hydrogen-bond acceptors (Lipinski definition) is 2. The fraction of sp³-hybridized carbons (Fsp3) is 0.0222.